The standard InChI is InChI=1S/C20H29N3O2/c1-17(2)25-20-7-6-18(5-3-9-22-11-13-24-14-12-22)15-19(20)16-23-10-4-8-21-23/h4,6-8,10,15,17H,3,5,9,11-14,16H2,1-2H3. The molecule has 1 saturated heterocycles. The first-order valence-corrected chi connectivity index (χ1v) is 9.26. The number of aromatic nitrogens is 2. The Bertz CT molecular complexity index is 634. The summed E-state index contributed by atoms with van der Waals surface area (Å²) in [5.41, 5.74) is 2.56. The third kappa shape index (κ3) is 5.58. The molecule has 1 aromatic carbocycles. The summed E-state index contributed by atoms with van der Waals surface area (Å²) < 4.78 is 13.3. The van der Waals surface area contributed by atoms with E-state index in [1.807, 2.05) is 23.1 Å². The molecule has 1 aliphatic heterocycles. The molecule has 0 radical (unpaired) electrons. The summed E-state index contributed by atoms with van der Waals surface area (Å²) >= 11 is 0. The largest absolute Gasteiger partial charge is 0.491 e. The van der Waals surface area contributed by atoms with Gasteiger partial charge in [-0.05, 0) is 50.9 Å². The third-order valence-electron chi connectivity index (χ3n) is 4.42. The summed E-state index contributed by atoms with van der Waals surface area (Å²) in [4.78, 5) is 2.49. The molecule has 1 aromatic heterocycles. The van der Waals surface area contributed by atoms with Gasteiger partial charge < -0.3 is 9.47 Å². The average molecular weight is 343 g/mol. The molecular weight excluding hydrogens is 314 g/mol. The van der Waals surface area contributed by atoms with Gasteiger partial charge in [-0.2, -0.15) is 5.10 Å². The van der Waals surface area contributed by atoms with Crippen LogP contribution in [0.25, 0.3) is 0 Å². The van der Waals surface area contributed by atoms with E-state index in [9.17, 15) is 0 Å². The molecule has 136 valence electrons. The Labute approximate surface area is 150 Å². The first-order chi connectivity index (χ1) is 12.2. The van der Waals surface area contributed by atoms with Gasteiger partial charge in [-0.25, -0.2) is 0 Å². The summed E-state index contributed by atoms with van der Waals surface area (Å²) in [5, 5.41) is 4.33. The summed E-state index contributed by atoms with van der Waals surface area (Å²) in [7, 11) is 0. The van der Waals surface area contributed by atoms with E-state index in [-0.39, 0.29) is 6.10 Å². The quantitative estimate of drug-likeness (QED) is 0.739. The Morgan fingerprint density at radius 3 is 2.80 bits per heavy atom. The van der Waals surface area contributed by atoms with Crippen molar-refractivity contribution in [3.05, 3.63) is 47.8 Å². The SMILES string of the molecule is CC(C)Oc1ccc(CCCN2CCOCC2)cc1Cn1cccn1. The minimum absolute atomic E-state index is 0.170. The van der Waals surface area contributed by atoms with E-state index >= 15 is 0 Å². The molecule has 5 nitrogen and oxygen atoms in total. The van der Waals surface area contributed by atoms with E-state index < -0.39 is 0 Å². The van der Waals surface area contributed by atoms with Crippen LogP contribution in [-0.4, -0.2) is 53.6 Å². The molecule has 25 heavy (non-hydrogen) atoms. The highest BCUT2D eigenvalue weighted by atomic mass is 16.5. The molecule has 1 aliphatic rings. The lowest BCUT2D eigenvalue weighted by atomic mass is 10.0. The Morgan fingerprint density at radius 2 is 2.08 bits per heavy atom. The molecule has 1 fully saturated rings. The van der Waals surface area contributed by atoms with Gasteiger partial charge in [0.1, 0.15) is 5.75 Å². The van der Waals surface area contributed by atoms with Crippen LogP contribution in [-0.2, 0) is 17.7 Å². The van der Waals surface area contributed by atoms with Gasteiger partial charge in [-0.3, -0.25) is 9.58 Å². The molecule has 0 saturated carbocycles. The molecule has 0 amide bonds. The number of benzene rings is 1. The van der Waals surface area contributed by atoms with Crippen LogP contribution in [0.2, 0.25) is 0 Å². The van der Waals surface area contributed by atoms with Crippen LogP contribution >= 0.6 is 0 Å². The predicted octanol–water partition coefficient (Wildman–Crippen LogP) is 2.98. The normalized spacial score (nSPS) is 15.6. The first kappa shape index (κ1) is 18.0. The van der Waals surface area contributed by atoms with E-state index in [1.165, 1.54) is 17.5 Å². The van der Waals surface area contributed by atoms with Crippen molar-refractivity contribution in [3.8, 4) is 5.75 Å². The van der Waals surface area contributed by atoms with E-state index in [0.717, 1.165) is 51.6 Å². The van der Waals surface area contributed by atoms with E-state index in [4.69, 9.17) is 9.47 Å². The van der Waals surface area contributed by atoms with Crippen molar-refractivity contribution in [2.45, 2.75) is 39.3 Å². The van der Waals surface area contributed by atoms with E-state index in [2.05, 4.69) is 42.0 Å². The smallest absolute Gasteiger partial charge is 0.124 e. The molecule has 0 unspecified atom stereocenters. The van der Waals surface area contributed by atoms with Crippen molar-refractivity contribution in [1.29, 1.82) is 0 Å². The van der Waals surface area contributed by atoms with Gasteiger partial charge in [-0.15, -0.1) is 0 Å². The Kier molecular flexibility index (Phi) is 6.48. The molecule has 3 rings (SSSR count). The number of aryl methyl sites for hydroxylation is 1. The van der Waals surface area contributed by atoms with Gasteiger partial charge in [0.2, 0.25) is 0 Å². The number of hydrogen-bond acceptors (Lipinski definition) is 4. The zero-order valence-electron chi connectivity index (χ0n) is 15.4. The second-order valence-corrected chi connectivity index (χ2v) is 6.87. The monoisotopic (exact) mass is 343 g/mol. The molecule has 0 aliphatic carbocycles. The number of hydrogen-bond donors (Lipinski definition) is 0. The molecule has 0 N–H and O–H groups in total. The highest BCUT2D eigenvalue weighted by Gasteiger charge is 2.11. The van der Waals surface area contributed by atoms with Crippen LogP contribution < -0.4 is 4.74 Å². The second-order valence-electron chi connectivity index (χ2n) is 6.87. The minimum atomic E-state index is 0.170. The van der Waals surface area contributed by atoms with Crippen LogP contribution in [0.15, 0.2) is 36.7 Å². The maximum atomic E-state index is 5.99. The van der Waals surface area contributed by atoms with Crippen molar-refractivity contribution >= 4 is 0 Å². The van der Waals surface area contributed by atoms with Gasteiger partial charge in [-0.1, -0.05) is 12.1 Å². The zero-order chi connectivity index (χ0) is 17.5. The van der Waals surface area contributed by atoms with Crippen molar-refractivity contribution in [2.75, 3.05) is 32.8 Å². The Balaban J connectivity index is 1.62. The lowest BCUT2D eigenvalue weighted by Gasteiger charge is -2.26. The highest BCUT2D eigenvalue weighted by molar-refractivity contribution is 5.37. The average Bonchev–Trinajstić information content (AvgIpc) is 3.11. The number of nitrogens with zero attached hydrogens (tertiary/aromatic N) is 3. The fourth-order valence-electron chi connectivity index (χ4n) is 3.18. The van der Waals surface area contributed by atoms with Crippen molar-refractivity contribution in [3.63, 3.8) is 0 Å². The van der Waals surface area contributed by atoms with Crippen LogP contribution in [0.3, 0.4) is 0 Å². The summed E-state index contributed by atoms with van der Waals surface area (Å²) in [6.45, 7) is 9.87. The molecule has 2 aromatic rings. The van der Waals surface area contributed by atoms with Gasteiger partial charge >= 0.3 is 0 Å². The van der Waals surface area contributed by atoms with Gasteiger partial charge in [0.15, 0.2) is 0 Å². The molecule has 0 bridgehead atoms. The highest BCUT2D eigenvalue weighted by Crippen LogP contribution is 2.23. The van der Waals surface area contributed by atoms with Gasteiger partial charge in [0.05, 0.1) is 25.9 Å². The van der Waals surface area contributed by atoms with Crippen LogP contribution in [0.1, 0.15) is 31.4 Å². The Hall–Kier alpha value is -1.85. The van der Waals surface area contributed by atoms with Crippen molar-refractivity contribution < 1.29 is 9.47 Å². The lowest BCUT2D eigenvalue weighted by Crippen LogP contribution is -2.36. The summed E-state index contributed by atoms with van der Waals surface area (Å²) in [6.07, 6.45) is 6.24. The fraction of sp³-hybridized carbons (Fsp3) is 0.550. The molecule has 2 heterocycles. The van der Waals surface area contributed by atoms with Crippen LogP contribution in [0, 0.1) is 0 Å². The molecule has 0 spiro atoms. The molecular formula is C20H29N3O2. The van der Waals surface area contributed by atoms with Gasteiger partial charge in [0.25, 0.3) is 0 Å². The summed E-state index contributed by atoms with van der Waals surface area (Å²) in [5.74, 6) is 0.961. The topological polar surface area (TPSA) is 39.5 Å². The van der Waals surface area contributed by atoms with E-state index in [1.54, 1.807) is 0 Å². The summed E-state index contributed by atoms with van der Waals surface area (Å²) in [6, 6.07) is 8.54. The maximum absolute atomic E-state index is 5.99. The Morgan fingerprint density at radius 1 is 1.24 bits per heavy atom. The lowest BCUT2D eigenvalue weighted by molar-refractivity contribution is 0.0374. The molecule has 5 heteroatoms. The van der Waals surface area contributed by atoms with E-state index in [0.29, 0.717) is 0 Å². The fourth-order valence-corrected chi connectivity index (χ4v) is 3.18. The minimum Gasteiger partial charge on any atom is -0.491 e. The third-order valence-corrected chi connectivity index (χ3v) is 4.42. The molecule has 0 atom stereocenters. The zero-order valence-corrected chi connectivity index (χ0v) is 15.4. The number of rotatable bonds is 8. The van der Waals surface area contributed by atoms with Crippen LogP contribution in [0.4, 0.5) is 0 Å². The first-order valence-electron chi connectivity index (χ1n) is 9.26. The van der Waals surface area contributed by atoms with Crippen molar-refractivity contribution in [1.82, 2.24) is 14.7 Å². The number of morpholine rings is 1. The maximum Gasteiger partial charge on any atom is 0.124 e. The van der Waals surface area contributed by atoms with Gasteiger partial charge in [0, 0.05) is 31.0 Å². The van der Waals surface area contributed by atoms with Crippen molar-refractivity contribution in [2.24, 2.45) is 0 Å². The number of ether oxygens (including phenoxy) is 2. The van der Waals surface area contributed by atoms with Crippen LogP contribution in [0.5, 0.6) is 5.75 Å². The second kappa shape index (κ2) is 9.02. The predicted molar refractivity (Wildman–Crippen MR) is 99.1 cm³/mol.